The second-order valence-electron chi connectivity index (χ2n) is 15.7. The molecule has 0 unspecified atom stereocenters. The average Bonchev–Trinajstić information content (AvgIpc) is 3.70. The van der Waals surface area contributed by atoms with Gasteiger partial charge in [-0.05, 0) is 94.5 Å². The van der Waals surface area contributed by atoms with Gasteiger partial charge in [0.1, 0.15) is 23.7 Å². The van der Waals surface area contributed by atoms with Gasteiger partial charge in [-0.15, -0.1) is 11.3 Å². The highest BCUT2D eigenvalue weighted by molar-refractivity contribution is 7.10. The molecular weight excluding hydrogens is 734 g/mol. The number of carbonyl (C=O) groups is 2. The summed E-state index contributed by atoms with van der Waals surface area (Å²) >= 11 is 1.63. The van der Waals surface area contributed by atoms with E-state index in [0.29, 0.717) is 49.5 Å². The highest BCUT2D eigenvalue weighted by atomic mass is 32.1. The number of fused-ring (bicyclic) bond motifs is 3. The number of methoxy groups -OCH3 is 1. The summed E-state index contributed by atoms with van der Waals surface area (Å²) in [5, 5.41) is 5.87. The molecule has 1 N–H and O–H groups in total. The Bertz CT molecular complexity index is 2020. The normalized spacial score (nSPS) is 21.0. The van der Waals surface area contributed by atoms with Crippen molar-refractivity contribution in [2.45, 2.75) is 76.9 Å². The predicted molar refractivity (Wildman–Crippen MR) is 201 cm³/mol. The number of nitrogens with zero attached hydrogens (tertiary/aromatic N) is 5. The molecule has 8 rings (SSSR count). The van der Waals surface area contributed by atoms with Gasteiger partial charge in [0.2, 0.25) is 11.8 Å². The second kappa shape index (κ2) is 15.3. The Kier molecular flexibility index (Phi) is 10.7. The zero-order valence-corrected chi connectivity index (χ0v) is 32.2. The van der Waals surface area contributed by atoms with Crippen LogP contribution in [0.25, 0.3) is 11.4 Å². The zero-order valence-electron chi connectivity index (χ0n) is 31.4. The molecule has 15 heteroatoms. The van der Waals surface area contributed by atoms with Crippen molar-refractivity contribution < 1.29 is 37.0 Å². The molecular formula is C40H45F3N6O5S. The summed E-state index contributed by atoms with van der Waals surface area (Å²) in [4.78, 5) is 43.8. The van der Waals surface area contributed by atoms with Crippen LogP contribution < -0.4 is 19.7 Å². The van der Waals surface area contributed by atoms with Crippen LogP contribution in [0.5, 0.6) is 11.5 Å². The van der Waals surface area contributed by atoms with E-state index >= 15 is 4.39 Å². The van der Waals surface area contributed by atoms with Crippen LogP contribution in [0.1, 0.15) is 80.2 Å². The molecule has 2 amide bonds. The van der Waals surface area contributed by atoms with Gasteiger partial charge in [0.25, 0.3) is 5.91 Å². The maximum Gasteiger partial charge on any atom is 0.410 e. The van der Waals surface area contributed by atoms with Gasteiger partial charge >= 0.3 is 6.09 Å². The molecule has 0 radical (unpaired) electrons. The largest absolute Gasteiger partial charge is 0.497 e. The quantitative estimate of drug-likeness (QED) is 0.162. The predicted octanol–water partition coefficient (Wildman–Crippen LogP) is 7.68. The minimum atomic E-state index is -1.55. The van der Waals surface area contributed by atoms with Crippen molar-refractivity contribution in [1.82, 2.24) is 25.2 Å². The Morgan fingerprint density at radius 3 is 2.25 bits per heavy atom. The zero-order chi connectivity index (χ0) is 39.0. The lowest BCUT2D eigenvalue weighted by atomic mass is 9.54. The van der Waals surface area contributed by atoms with Crippen molar-refractivity contribution in [3.63, 3.8) is 0 Å². The summed E-state index contributed by atoms with van der Waals surface area (Å²) in [6.07, 6.45) is 6.55. The summed E-state index contributed by atoms with van der Waals surface area (Å²) in [6.45, 7) is 7.85. The summed E-state index contributed by atoms with van der Waals surface area (Å²) in [5.74, 6) is -4.70. The third-order valence-electron chi connectivity index (χ3n) is 11.0. The lowest BCUT2D eigenvalue weighted by Crippen LogP contribution is -2.50. The van der Waals surface area contributed by atoms with Crippen LogP contribution in [0.4, 0.5) is 23.9 Å². The van der Waals surface area contributed by atoms with E-state index in [2.05, 4.69) is 15.2 Å². The minimum absolute atomic E-state index is 0.0808. The monoisotopic (exact) mass is 778 g/mol. The topological polar surface area (TPSA) is 119 Å². The fourth-order valence-electron chi connectivity index (χ4n) is 7.66. The van der Waals surface area contributed by atoms with Crippen molar-refractivity contribution in [3.8, 4) is 22.9 Å². The first-order valence-corrected chi connectivity index (χ1v) is 19.4. The van der Waals surface area contributed by atoms with Gasteiger partial charge in [-0.2, -0.15) is 4.39 Å². The van der Waals surface area contributed by atoms with E-state index in [1.165, 1.54) is 7.11 Å². The van der Waals surface area contributed by atoms with Crippen molar-refractivity contribution in [1.29, 1.82) is 0 Å². The number of hydrogen-bond acceptors (Lipinski definition) is 10. The highest BCUT2D eigenvalue weighted by Crippen LogP contribution is 2.58. The number of thiazole rings is 1. The number of carbonyl (C=O) groups excluding carboxylic acids is 2. The van der Waals surface area contributed by atoms with Crippen molar-refractivity contribution in [3.05, 3.63) is 81.6 Å². The van der Waals surface area contributed by atoms with Crippen molar-refractivity contribution >= 4 is 29.3 Å². The number of piperazine rings is 1. The molecule has 4 aromatic rings. The SMILES string of the molecule is COc1ccc(COc2c(F)cc(C(=O)NC[C@]34CC[C@](c5nc(-c6ccnc(N7CCN(C(=O)OC(C)(C)C)CC7)n6)cs5)(CC3)CC4)c(F)c2F)cc1. The number of amides is 2. The van der Waals surface area contributed by atoms with Gasteiger partial charge in [-0.25, -0.2) is 28.5 Å². The van der Waals surface area contributed by atoms with E-state index in [1.54, 1.807) is 46.7 Å². The summed E-state index contributed by atoms with van der Waals surface area (Å²) in [5.41, 5.74) is 0.606. The first kappa shape index (κ1) is 38.4. The van der Waals surface area contributed by atoms with Crippen LogP contribution in [-0.4, -0.2) is 77.3 Å². The number of hydrogen-bond donors (Lipinski definition) is 1. The maximum atomic E-state index is 15.1. The Hall–Kier alpha value is -4.92. The minimum Gasteiger partial charge on any atom is -0.497 e. The Morgan fingerprint density at radius 1 is 0.909 bits per heavy atom. The van der Waals surface area contributed by atoms with Crippen molar-refractivity contribution in [2.24, 2.45) is 5.41 Å². The number of anilines is 1. The summed E-state index contributed by atoms with van der Waals surface area (Å²) in [7, 11) is 1.52. The molecule has 0 spiro atoms. The van der Waals surface area contributed by atoms with E-state index in [4.69, 9.17) is 24.2 Å². The molecule has 11 nitrogen and oxygen atoms in total. The number of halogens is 3. The fourth-order valence-corrected chi connectivity index (χ4v) is 8.76. The van der Waals surface area contributed by atoms with Crippen LogP contribution in [0.15, 0.2) is 48.0 Å². The number of ether oxygens (including phenoxy) is 3. The smallest absolute Gasteiger partial charge is 0.410 e. The number of rotatable bonds is 10. The van der Waals surface area contributed by atoms with Gasteiger partial charge in [-0.3, -0.25) is 4.79 Å². The van der Waals surface area contributed by atoms with E-state index in [-0.39, 0.29) is 30.1 Å². The molecule has 4 aliphatic rings. The van der Waals surface area contributed by atoms with E-state index in [9.17, 15) is 18.4 Å². The van der Waals surface area contributed by atoms with Gasteiger partial charge in [0, 0.05) is 49.7 Å². The molecule has 3 aliphatic carbocycles. The average molecular weight is 779 g/mol. The number of aromatic nitrogens is 3. The van der Waals surface area contributed by atoms with Crippen LogP contribution in [0.2, 0.25) is 0 Å². The second-order valence-corrected chi connectivity index (χ2v) is 16.6. The summed E-state index contributed by atoms with van der Waals surface area (Å²) < 4.78 is 60.9. The van der Waals surface area contributed by atoms with Gasteiger partial charge in [0.15, 0.2) is 17.4 Å². The first-order valence-electron chi connectivity index (χ1n) is 18.5. The Balaban J connectivity index is 0.935. The number of benzene rings is 2. The third-order valence-corrected chi connectivity index (χ3v) is 12.1. The van der Waals surface area contributed by atoms with Crippen LogP contribution in [0, 0.1) is 22.9 Å². The number of nitrogens with one attached hydrogen (secondary N) is 1. The van der Waals surface area contributed by atoms with E-state index in [0.717, 1.165) is 54.9 Å². The summed E-state index contributed by atoms with van der Waals surface area (Å²) in [6, 6.07) is 9.22. The van der Waals surface area contributed by atoms with E-state index < -0.39 is 40.3 Å². The Morgan fingerprint density at radius 2 is 1.60 bits per heavy atom. The molecule has 0 atom stereocenters. The molecule has 292 valence electrons. The van der Waals surface area contributed by atoms with Crippen LogP contribution in [0.3, 0.4) is 0 Å². The molecule has 1 saturated heterocycles. The molecule has 2 aromatic carbocycles. The molecule has 1 aliphatic heterocycles. The van der Waals surface area contributed by atoms with Gasteiger partial charge in [-0.1, -0.05) is 12.1 Å². The lowest BCUT2D eigenvalue weighted by molar-refractivity contribution is 0.0240. The third kappa shape index (κ3) is 8.21. The van der Waals surface area contributed by atoms with Gasteiger partial charge < -0.3 is 29.3 Å². The van der Waals surface area contributed by atoms with Crippen LogP contribution in [-0.2, 0) is 16.8 Å². The molecule has 55 heavy (non-hydrogen) atoms. The molecule has 2 bridgehead atoms. The van der Waals surface area contributed by atoms with Gasteiger partial charge in [0.05, 0.1) is 23.4 Å². The Labute approximate surface area is 322 Å². The maximum absolute atomic E-state index is 15.1. The molecule has 4 fully saturated rings. The fraction of sp³-hybridized carbons (Fsp3) is 0.475. The standard InChI is InChI=1S/C40H45F3N6O5S/c1-38(2,3)54-37(51)49-19-17-48(18-20-49)36-44-16-9-29(47-36)30-23-55-35(46-30)40-13-10-39(11-14-40,12-15-40)24-45-34(50)27-21-28(41)33(32(43)31(27)42)53-22-25-5-7-26(52-4)8-6-25/h5-9,16,21,23H,10-15,17-20,22,24H2,1-4H3,(H,45,50)/t39-,40+. The van der Waals surface area contributed by atoms with E-state index in [1.807, 2.05) is 32.2 Å². The molecule has 2 aromatic heterocycles. The van der Waals surface area contributed by atoms with Crippen molar-refractivity contribution in [2.75, 3.05) is 44.7 Å². The van der Waals surface area contributed by atoms with Crippen LogP contribution >= 0.6 is 11.3 Å². The first-order chi connectivity index (χ1) is 26.3. The molecule has 3 saturated carbocycles. The highest BCUT2D eigenvalue weighted by Gasteiger charge is 2.50. The lowest BCUT2D eigenvalue weighted by Gasteiger charge is -2.52. The molecule has 3 heterocycles.